The van der Waals surface area contributed by atoms with E-state index < -0.39 is 0 Å². The fourth-order valence-electron chi connectivity index (χ4n) is 2.20. The molecule has 17 heavy (non-hydrogen) atoms. The van der Waals surface area contributed by atoms with Gasteiger partial charge < -0.3 is 0 Å². The molecule has 0 saturated heterocycles. The monoisotopic (exact) mass is 222 g/mol. The summed E-state index contributed by atoms with van der Waals surface area (Å²) in [6, 6.07) is 7.44. The Balaban J connectivity index is 2.58. The maximum Gasteiger partial charge on any atom is 0.194 e. The van der Waals surface area contributed by atoms with Crippen molar-refractivity contribution in [2.24, 2.45) is 0 Å². The summed E-state index contributed by atoms with van der Waals surface area (Å²) in [7, 11) is 0. The fraction of sp³-hybridized carbons (Fsp3) is 0. The van der Waals surface area contributed by atoms with Gasteiger partial charge in [0.15, 0.2) is 5.78 Å². The molecule has 0 saturated carbocycles. The second kappa shape index (κ2) is 3.28. The van der Waals surface area contributed by atoms with Crippen LogP contribution in [0.5, 0.6) is 0 Å². The largest absolute Gasteiger partial charge is 0.289 e. The minimum atomic E-state index is -0.0191. The number of aromatic amines is 1. The van der Waals surface area contributed by atoms with Crippen molar-refractivity contribution in [3.8, 4) is 11.3 Å². The SMILES string of the molecule is C=CC1=c2c(n[nH]c2=C)-c2ccccc2C1=O. The Bertz CT molecular complexity index is 753. The summed E-state index contributed by atoms with van der Waals surface area (Å²) >= 11 is 0. The first-order valence-electron chi connectivity index (χ1n) is 5.28. The van der Waals surface area contributed by atoms with Gasteiger partial charge in [0.25, 0.3) is 0 Å². The van der Waals surface area contributed by atoms with E-state index >= 15 is 0 Å². The normalized spacial score (nSPS) is 13.2. The first-order valence-corrected chi connectivity index (χ1v) is 5.28. The molecule has 1 aromatic carbocycles. The Kier molecular flexibility index (Phi) is 1.89. The zero-order chi connectivity index (χ0) is 12.0. The van der Waals surface area contributed by atoms with E-state index in [0.717, 1.165) is 16.5 Å². The lowest BCUT2D eigenvalue weighted by Gasteiger charge is -2.12. The van der Waals surface area contributed by atoms with Gasteiger partial charge in [-0.1, -0.05) is 43.5 Å². The smallest absolute Gasteiger partial charge is 0.194 e. The molecular formula is C14H10N2O. The number of carbonyl (C=O) groups excluding carboxylic acids is 1. The quantitative estimate of drug-likeness (QED) is 0.783. The minimum absolute atomic E-state index is 0.0191. The van der Waals surface area contributed by atoms with E-state index in [0.29, 0.717) is 16.5 Å². The second-order valence-electron chi connectivity index (χ2n) is 3.92. The lowest BCUT2D eigenvalue weighted by molar-refractivity contribution is 0.105. The molecule has 1 N–H and O–H groups in total. The molecule has 3 rings (SSSR count). The van der Waals surface area contributed by atoms with E-state index in [1.165, 1.54) is 0 Å². The molecule has 0 atom stereocenters. The van der Waals surface area contributed by atoms with Gasteiger partial charge >= 0.3 is 0 Å². The van der Waals surface area contributed by atoms with Crippen LogP contribution in [0.2, 0.25) is 0 Å². The third kappa shape index (κ3) is 1.16. The van der Waals surface area contributed by atoms with E-state index in [2.05, 4.69) is 23.4 Å². The highest BCUT2D eigenvalue weighted by Gasteiger charge is 2.24. The van der Waals surface area contributed by atoms with Gasteiger partial charge in [0.05, 0.1) is 5.35 Å². The number of rotatable bonds is 1. The van der Waals surface area contributed by atoms with E-state index in [4.69, 9.17) is 0 Å². The second-order valence-corrected chi connectivity index (χ2v) is 3.92. The van der Waals surface area contributed by atoms with Gasteiger partial charge in [-0.2, -0.15) is 5.10 Å². The summed E-state index contributed by atoms with van der Waals surface area (Å²) in [5.41, 5.74) is 2.86. The van der Waals surface area contributed by atoms with Crippen molar-refractivity contribution in [3.05, 3.63) is 53.1 Å². The lowest BCUT2D eigenvalue weighted by Crippen LogP contribution is -2.30. The number of nitrogens with one attached hydrogen (secondary N) is 1. The number of allylic oxidation sites excluding steroid dienone is 1. The average Bonchev–Trinajstić information content (AvgIpc) is 2.73. The Hall–Kier alpha value is -2.42. The van der Waals surface area contributed by atoms with Gasteiger partial charge in [-0.3, -0.25) is 9.89 Å². The Morgan fingerprint density at radius 3 is 2.65 bits per heavy atom. The number of benzene rings is 1. The minimum Gasteiger partial charge on any atom is -0.289 e. The molecule has 0 spiro atoms. The van der Waals surface area contributed by atoms with Gasteiger partial charge in [0, 0.05) is 21.9 Å². The molecule has 0 unspecified atom stereocenters. The molecule has 2 aromatic rings. The molecule has 3 nitrogen and oxygen atoms in total. The molecule has 0 aliphatic heterocycles. The predicted octanol–water partition coefficient (Wildman–Crippen LogP) is 1.02. The standard InChI is InChI=1S/C14H10N2O/c1-3-9-12-8(2)15-16-13(12)10-6-4-5-7-11(10)14(9)17/h3-7,15H,1-2H2. The van der Waals surface area contributed by atoms with E-state index in [1.807, 2.05) is 24.3 Å². The Morgan fingerprint density at radius 2 is 1.94 bits per heavy atom. The highest BCUT2D eigenvalue weighted by molar-refractivity contribution is 6.30. The molecule has 1 aromatic heterocycles. The molecule has 0 radical (unpaired) electrons. The molecular weight excluding hydrogens is 212 g/mol. The van der Waals surface area contributed by atoms with Crippen LogP contribution >= 0.6 is 0 Å². The van der Waals surface area contributed by atoms with Crippen LogP contribution in [0, 0.1) is 0 Å². The molecule has 3 heteroatoms. The van der Waals surface area contributed by atoms with Crippen LogP contribution in [0.15, 0.2) is 36.9 Å². The first kappa shape index (κ1) is 9.78. The third-order valence-corrected chi connectivity index (χ3v) is 2.99. The van der Waals surface area contributed by atoms with Crippen LogP contribution in [0.1, 0.15) is 10.4 Å². The summed E-state index contributed by atoms with van der Waals surface area (Å²) in [6.07, 6.45) is 1.57. The number of hydrogen-bond donors (Lipinski definition) is 1. The van der Waals surface area contributed by atoms with Gasteiger partial charge in [-0.05, 0) is 0 Å². The Labute approximate surface area is 97.8 Å². The maximum atomic E-state index is 12.3. The van der Waals surface area contributed by atoms with Crippen molar-refractivity contribution < 1.29 is 4.79 Å². The topological polar surface area (TPSA) is 45.8 Å². The average molecular weight is 222 g/mol. The molecule has 0 amide bonds. The van der Waals surface area contributed by atoms with Gasteiger partial charge in [0.2, 0.25) is 0 Å². The number of carbonyl (C=O) groups is 1. The Morgan fingerprint density at radius 1 is 1.24 bits per heavy atom. The number of aromatic nitrogens is 2. The highest BCUT2D eigenvalue weighted by atomic mass is 16.1. The van der Waals surface area contributed by atoms with Crippen molar-refractivity contribution in [1.82, 2.24) is 10.2 Å². The summed E-state index contributed by atoms with van der Waals surface area (Å²) in [5.74, 6) is -0.0191. The van der Waals surface area contributed by atoms with E-state index in [9.17, 15) is 4.79 Å². The molecule has 1 aliphatic rings. The van der Waals surface area contributed by atoms with Gasteiger partial charge in [0.1, 0.15) is 5.69 Å². The zero-order valence-electron chi connectivity index (χ0n) is 9.16. The summed E-state index contributed by atoms with van der Waals surface area (Å²) in [5, 5.41) is 8.46. The molecule has 0 fully saturated rings. The predicted molar refractivity (Wildman–Crippen MR) is 66.7 cm³/mol. The first-order chi connectivity index (χ1) is 8.24. The van der Waals surface area contributed by atoms with Gasteiger partial charge in [-0.25, -0.2) is 0 Å². The van der Waals surface area contributed by atoms with Crippen molar-refractivity contribution in [3.63, 3.8) is 0 Å². The fourth-order valence-corrected chi connectivity index (χ4v) is 2.20. The zero-order valence-corrected chi connectivity index (χ0v) is 9.16. The highest BCUT2D eigenvalue weighted by Crippen LogP contribution is 2.25. The van der Waals surface area contributed by atoms with Crippen molar-refractivity contribution in [2.75, 3.05) is 0 Å². The summed E-state index contributed by atoms with van der Waals surface area (Å²) < 4.78 is 0. The van der Waals surface area contributed by atoms with Crippen LogP contribution in [-0.4, -0.2) is 16.0 Å². The van der Waals surface area contributed by atoms with Crippen LogP contribution in [0.3, 0.4) is 0 Å². The number of Topliss-reactive ketones (excluding diaryl/α,β-unsaturated/α-hetero) is 1. The number of H-pyrrole nitrogens is 1. The van der Waals surface area contributed by atoms with Crippen LogP contribution in [0.25, 0.3) is 23.4 Å². The molecule has 0 bridgehead atoms. The van der Waals surface area contributed by atoms with Gasteiger partial charge in [-0.15, -0.1) is 0 Å². The third-order valence-electron chi connectivity index (χ3n) is 2.99. The summed E-state index contributed by atoms with van der Waals surface area (Å²) in [4.78, 5) is 12.3. The van der Waals surface area contributed by atoms with Crippen molar-refractivity contribution in [1.29, 1.82) is 0 Å². The molecule has 1 heterocycles. The maximum absolute atomic E-state index is 12.3. The van der Waals surface area contributed by atoms with E-state index in [1.54, 1.807) is 6.08 Å². The van der Waals surface area contributed by atoms with Crippen LogP contribution in [0.4, 0.5) is 0 Å². The lowest BCUT2D eigenvalue weighted by atomic mass is 9.89. The number of ketones is 1. The summed E-state index contributed by atoms with van der Waals surface area (Å²) in [6.45, 7) is 7.56. The number of fused-ring (bicyclic) bond motifs is 3. The number of hydrogen-bond acceptors (Lipinski definition) is 2. The van der Waals surface area contributed by atoms with Crippen LogP contribution < -0.4 is 10.6 Å². The van der Waals surface area contributed by atoms with Crippen molar-refractivity contribution >= 4 is 17.9 Å². The van der Waals surface area contributed by atoms with E-state index in [-0.39, 0.29) is 5.78 Å². The van der Waals surface area contributed by atoms with Crippen LogP contribution in [-0.2, 0) is 0 Å². The number of nitrogens with zero attached hydrogens (tertiary/aromatic N) is 1. The molecule has 82 valence electrons. The molecule has 1 aliphatic carbocycles. The van der Waals surface area contributed by atoms with Crippen molar-refractivity contribution in [2.45, 2.75) is 0 Å².